The maximum absolute atomic E-state index is 13.5. The molecule has 1 aromatic carbocycles. The van der Waals surface area contributed by atoms with Crippen LogP contribution in [0.2, 0.25) is 0 Å². The summed E-state index contributed by atoms with van der Waals surface area (Å²) in [6.45, 7) is 4.31. The van der Waals surface area contributed by atoms with E-state index in [-0.39, 0.29) is 31.1 Å². The Hall–Kier alpha value is -3.66. The first-order valence-corrected chi connectivity index (χ1v) is 13.1. The molecule has 198 valence electrons. The second-order valence-corrected chi connectivity index (χ2v) is 9.56. The van der Waals surface area contributed by atoms with Crippen LogP contribution in [0, 0.1) is 0 Å². The maximum Gasteiger partial charge on any atom is 0.407 e. The highest BCUT2D eigenvalue weighted by atomic mass is 16.5. The SMILES string of the molecule is CCCN(CCCOC(=O)NC1CCC1)C(=O)C1=Cc2ccc(C3=CNC(CN)=NC3)cc2N=C(N)C1. The van der Waals surface area contributed by atoms with E-state index >= 15 is 0 Å². The van der Waals surface area contributed by atoms with Gasteiger partial charge in [-0.3, -0.25) is 9.79 Å². The maximum atomic E-state index is 13.5. The number of carbonyl (C=O) groups excluding carboxylic acids is 2. The van der Waals surface area contributed by atoms with Crippen LogP contribution >= 0.6 is 0 Å². The predicted octanol–water partition coefficient (Wildman–Crippen LogP) is 2.67. The van der Waals surface area contributed by atoms with E-state index in [9.17, 15) is 9.59 Å². The summed E-state index contributed by atoms with van der Waals surface area (Å²) >= 11 is 0. The molecule has 0 atom stereocenters. The van der Waals surface area contributed by atoms with Gasteiger partial charge in [0.05, 0.1) is 25.4 Å². The normalized spacial score (nSPS) is 17.0. The zero-order valence-corrected chi connectivity index (χ0v) is 21.5. The van der Waals surface area contributed by atoms with Gasteiger partial charge in [0, 0.05) is 42.9 Å². The van der Waals surface area contributed by atoms with Crippen molar-refractivity contribution in [2.45, 2.75) is 51.5 Å². The number of amidine groups is 2. The summed E-state index contributed by atoms with van der Waals surface area (Å²) in [7, 11) is 0. The van der Waals surface area contributed by atoms with Gasteiger partial charge in [-0.2, -0.15) is 0 Å². The van der Waals surface area contributed by atoms with Crippen molar-refractivity contribution in [3.63, 3.8) is 0 Å². The number of nitrogens with zero attached hydrogens (tertiary/aromatic N) is 3. The molecule has 1 fully saturated rings. The Morgan fingerprint density at radius 2 is 2.11 bits per heavy atom. The summed E-state index contributed by atoms with van der Waals surface area (Å²) in [4.78, 5) is 36.2. The van der Waals surface area contributed by atoms with Crippen LogP contribution in [0.3, 0.4) is 0 Å². The molecular formula is C27H37N7O3. The van der Waals surface area contributed by atoms with E-state index in [2.05, 4.69) is 20.6 Å². The van der Waals surface area contributed by atoms with Gasteiger partial charge in [-0.25, -0.2) is 9.79 Å². The standard InChI is InChI=1S/C27H37N7O3/c1-2-9-34(10-4-11-37-27(36)32-22-5-3-6-22)26(35)20-12-19-8-7-18(13-23(19)33-24(29)14-20)21-16-30-25(15-28)31-17-21/h7-8,12-13,16,22H,2-6,9-11,14-15,17,28H2,1H3,(H2,29,33)(H,30,31)(H,32,36). The van der Waals surface area contributed by atoms with Gasteiger partial charge < -0.3 is 31.7 Å². The number of aliphatic imine (C=N–C) groups is 2. The smallest absolute Gasteiger partial charge is 0.407 e. The number of hydrogen-bond donors (Lipinski definition) is 4. The zero-order chi connectivity index (χ0) is 26.2. The minimum Gasteiger partial charge on any atom is -0.449 e. The lowest BCUT2D eigenvalue weighted by atomic mass is 9.93. The molecule has 0 radical (unpaired) electrons. The van der Waals surface area contributed by atoms with E-state index in [1.807, 2.05) is 37.4 Å². The van der Waals surface area contributed by atoms with Crippen LogP contribution in [-0.4, -0.2) is 67.4 Å². The van der Waals surface area contributed by atoms with E-state index < -0.39 is 0 Å². The molecule has 2 amide bonds. The monoisotopic (exact) mass is 507 g/mol. The molecule has 10 nitrogen and oxygen atoms in total. The van der Waals surface area contributed by atoms with Crippen molar-refractivity contribution in [1.29, 1.82) is 0 Å². The van der Waals surface area contributed by atoms with Crippen molar-refractivity contribution < 1.29 is 14.3 Å². The van der Waals surface area contributed by atoms with Gasteiger partial charge in [0.25, 0.3) is 0 Å². The van der Waals surface area contributed by atoms with Crippen molar-refractivity contribution in [2.24, 2.45) is 21.5 Å². The van der Waals surface area contributed by atoms with Crippen LogP contribution in [0.25, 0.3) is 11.6 Å². The van der Waals surface area contributed by atoms with Crippen molar-refractivity contribution in [3.05, 3.63) is 41.1 Å². The van der Waals surface area contributed by atoms with E-state index in [1.54, 1.807) is 4.90 Å². The number of amides is 2. The number of alkyl carbamates (subject to hydrolysis) is 1. The predicted molar refractivity (Wildman–Crippen MR) is 146 cm³/mol. The van der Waals surface area contributed by atoms with Gasteiger partial charge in [-0.15, -0.1) is 0 Å². The molecule has 2 heterocycles. The van der Waals surface area contributed by atoms with Crippen molar-refractivity contribution >= 4 is 41.0 Å². The van der Waals surface area contributed by atoms with Gasteiger partial charge >= 0.3 is 6.09 Å². The van der Waals surface area contributed by atoms with Crippen molar-refractivity contribution in [3.8, 4) is 0 Å². The third-order valence-electron chi connectivity index (χ3n) is 6.70. The first kappa shape index (κ1) is 26.4. The molecule has 1 saturated carbocycles. The number of hydrogen-bond acceptors (Lipinski definition) is 8. The second-order valence-electron chi connectivity index (χ2n) is 9.56. The van der Waals surface area contributed by atoms with Crippen LogP contribution in [0.15, 0.2) is 40.0 Å². The van der Waals surface area contributed by atoms with Crippen LogP contribution in [0.1, 0.15) is 56.6 Å². The lowest BCUT2D eigenvalue weighted by molar-refractivity contribution is -0.127. The fourth-order valence-electron chi connectivity index (χ4n) is 4.44. The third kappa shape index (κ3) is 6.97. The van der Waals surface area contributed by atoms with Crippen LogP contribution < -0.4 is 22.1 Å². The number of carbonyl (C=O) groups is 2. The second kappa shape index (κ2) is 12.5. The Kier molecular flexibility index (Phi) is 8.95. The molecule has 6 N–H and O–H groups in total. The zero-order valence-electron chi connectivity index (χ0n) is 21.5. The molecule has 1 aromatic rings. The summed E-state index contributed by atoms with van der Waals surface area (Å²) < 4.78 is 5.29. The molecule has 0 bridgehead atoms. The number of ether oxygens (including phenoxy) is 1. The van der Waals surface area contributed by atoms with Crippen LogP contribution in [0.5, 0.6) is 0 Å². The number of benzene rings is 1. The Bertz CT molecular complexity index is 1130. The summed E-state index contributed by atoms with van der Waals surface area (Å²) in [5.74, 6) is 1.08. The Morgan fingerprint density at radius 3 is 2.78 bits per heavy atom. The van der Waals surface area contributed by atoms with Gasteiger partial charge in [0.2, 0.25) is 5.91 Å². The molecule has 0 unspecified atom stereocenters. The Balaban J connectivity index is 1.40. The van der Waals surface area contributed by atoms with Gasteiger partial charge in [-0.1, -0.05) is 19.1 Å². The summed E-state index contributed by atoms with van der Waals surface area (Å²) in [5.41, 5.74) is 16.1. The summed E-state index contributed by atoms with van der Waals surface area (Å²) in [6.07, 6.45) is 8.26. The first-order valence-electron chi connectivity index (χ1n) is 13.1. The van der Waals surface area contributed by atoms with Crippen molar-refractivity contribution in [1.82, 2.24) is 15.5 Å². The van der Waals surface area contributed by atoms with Crippen LogP contribution in [-0.2, 0) is 9.53 Å². The Morgan fingerprint density at radius 1 is 1.27 bits per heavy atom. The summed E-state index contributed by atoms with van der Waals surface area (Å²) in [6, 6.07) is 6.17. The highest BCUT2D eigenvalue weighted by molar-refractivity contribution is 6.05. The van der Waals surface area contributed by atoms with Crippen LogP contribution in [0.4, 0.5) is 10.5 Å². The minimum absolute atomic E-state index is 0.0707. The van der Waals surface area contributed by atoms with E-state index in [4.69, 9.17) is 16.2 Å². The topological polar surface area (TPSA) is 147 Å². The average molecular weight is 508 g/mol. The van der Waals surface area contributed by atoms with E-state index in [1.165, 1.54) is 0 Å². The highest BCUT2D eigenvalue weighted by Gasteiger charge is 2.23. The minimum atomic E-state index is -0.379. The molecule has 0 saturated heterocycles. The third-order valence-corrected chi connectivity index (χ3v) is 6.70. The quantitative estimate of drug-likeness (QED) is 0.358. The number of nitrogens with one attached hydrogen (secondary N) is 2. The number of fused-ring (bicyclic) bond motifs is 1. The molecule has 4 rings (SSSR count). The molecule has 1 aliphatic carbocycles. The van der Waals surface area contributed by atoms with Gasteiger partial charge in [-0.05, 0) is 55.4 Å². The average Bonchev–Trinajstić information content (AvgIpc) is 3.05. The van der Waals surface area contributed by atoms with E-state index in [0.29, 0.717) is 44.0 Å². The number of rotatable bonds is 10. The molecular weight excluding hydrogens is 470 g/mol. The first-order chi connectivity index (χ1) is 18.0. The molecule has 2 aliphatic heterocycles. The van der Waals surface area contributed by atoms with Gasteiger partial charge in [0.1, 0.15) is 11.7 Å². The lowest BCUT2D eigenvalue weighted by Crippen LogP contribution is -2.40. The number of nitrogens with two attached hydrogens (primary N) is 2. The van der Waals surface area contributed by atoms with Gasteiger partial charge in [0.15, 0.2) is 0 Å². The highest BCUT2D eigenvalue weighted by Crippen LogP contribution is 2.31. The fourth-order valence-corrected chi connectivity index (χ4v) is 4.44. The fraction of sp³-hybridized carbons (Fsp3) is 0.481. The molecule has 10 heteroatoms. The summed E-state index contributed by atoms with van der Waals surface area (Å²) in [5, 5.41) is 5.97. The lowest BCUT2D eigenvalue weighted by Gasteiger charge is -2.26. The van der Waals surface area contributed by atoms with Crippen molar-refractivity contribution in [2.75, 3.05) is 32.8 Å². The van der Waals surface area contributed by atoms with E-state index in [0.717, 1.165) is 53.9 Å². The largest absolute Gasteiger partial charge is 0.449 e. The molecule has 37 heavy (non-hydrogen) atoms. The molecule has 0 spiro atoms. The molecule has 0 aromatic heterocycles. The Labute approximate surface area is 217 Å². The molecule has 3 aliphatic rings.